The van der Waals surface area contributed by atoms with Gasteiger partial charge in [-0.05, 0) is 19.1 Å². The smallest absolute Gasteiger partial charge is 0.282 e. The molecule has 2 N–H and O–H groups in total. The van der Waals surface area contributed by atoms with E-state index in [4.69, 9.17) is 0 Å². The molecule has 108 valence electrons. The van der Waals surface area contributed by atoms with E-state index in [0.29, 0.717) is 11.3 Å². The van der Waals surface area contributed by atoms with E-state index in [9.17, 15) is 20.0 Å². The van der Waals surface area contributed by atoms with Crippen molar-refractivity contribution in [3.8, 4) is 0 Å². The minimum atomic E-state index is -0.757. The van der Waals surface area contributed by atoms with Gasteiger partial charge in [-0.25, -0.2) is 0 Å². The van der Waals surface area contributed by atoms with Crippen LogP contribution in [0.1, 0.15) is 28.9 Å². The number of benzene rings is 2. The lowest BCUT2D eigenvalue weighted by atomic mass is 10.1. The van der Waals surface area contributed by atoms with Crippen molar-refractivity contribution < 1.29 is 14.8 Å². The Balaban J connectivity index is 2.33. The number of hydrogen-bond acceptors (Lipinski definition) is 4. The van der Waals surface area contributed by atoms with Crippen LogP contribution in [0.25, 0.3) is 0 Å². The first-order valence-corrected chi connectivity index (χ1v) is 6.32. The standard InChI is InChI=1S/C15H14N2O4/c1-10(18)11-6-2-4-8-13(11)16-15(19)12-7-3-5-9-14(12)17(20)21/h2-10,18H,1H3,(H,16,19). The van der Waals surface area contributed by atoms with Gasteiger partial charge in [0.05, 0.1) is 11.0 Å². The summed E-state index contributed by atoms with van der Waals surface area (Å²) in [4.78, 5) is 22.6. The van der Waals surface area contributed by atoms with Crippen LogP contribution in [0, 0.1) is 10.1 Å². The Kier molecular flexibility index (Phi) is 4.30. The van der Waals surface area contributed by atoms with Gasteiger partial charge in [0, 0.05) is 17.3 Å². The lowest BCUT2D eigenvalue weighted by Gasteiger charge is -2.13. The fraction of sp³-hybridized carbons (Fsp3) is 0.133. The van der Waals surface area contributed by atoms with E-state index in [-0.39, 0.29) is 11.3 Å². The SMILES string of the molecule is CC(O)c1ccccc1NC(=O)c1ccccc1[N+](=O)[O-]. The molecule has 1 atom stereocenters. The van der Waals surface area contributed by atoms with Crippen LogP contribution in [-0.2, 0) is 0 Å². The molecule has 21 heavy (non-hydrogen) atoms. The average Bonchev–Trinajstić information content (AvgIpc) is 2.47. The topological polar surface area (TPSA) is 92.5 Å². The Bertz CT molecular complexity index is 683. The molecule has 0 saturated carbocycles. The van der Waals surface area contributed by atoms with Crippen molar-refractivity contribution >= 4 is 17.3 Å². The van der Waals surface area contributed by atoms with Crippen LogP contribution < -0.4 is 5.32 Å². The number of aliphatic hydroxyl groups is 1. The number of carbonyl (C=O) groups excluding carboxylic acids is 1. The summed E-state index contributed by atoms with van der Waals surface area (Å²) in [5, 5.41) is 23.2. The van der Waals surface area contributed by atoms with Gasteiger partial charge < -0.3 is 10.4 Å². The molecule has 2 aromatic rings. The zero-order chi connectivity index (χ0) is 15.4. The van der Waals surface area contributed by atoms with Crippen molar-refractivity contribution in [1.29, 1.82) is 0 Å². The third-order valence-corrected chi connectivity index (χ3v) is 3.00. The molecule has 0 aromatic heterocycles. The first-order chi connectivity index (χ1) is 10.0. The Hall–Kier alpha value is -2.73. The second-order valence-electron chi connectivity index (χ2n) is 4.49. The van der Waals surface area contributed by atoms with Gasteiger partial charge in [-0.3, -0.25) is 14.9 Å². The first-order valence-electron chi connectivity index (χ1n) is 6.32. The number of anilines is 1. The highest BCUT2D eigenvalue weighted by atomic mass is 16.6. The highest BCUT2D eigenvalue weighted by Crippen LogP contribution is 2.24. The number of nitrogens with zero attached hydrogens (tertiary/aromatic N) is 1. The normalized spacial score (nSPS) is 11.7. The maximum absolute atomic E-state index is 12.2. The largest absolute Gasteiger partial charge is 0.389 e. The van der Waals surface area contributed by atoms with Gasteiger partial charge in [0.2, 0.25) is 0 Å². The van der Waals surface area contributed by atoms with Crippen molar-refractivity contribution in [1.82, 2.24) is 0 Å². The highest BCUT2D eigenvalue weighted by molar-refractivity contribution is 6.07. The number of nitro benzene ring substituents is 1. The van der Waals surface area contributed by atoms with Crippen LogP contribution in [0.15, 0.2) is 48.5 Å². The van der Waals surface area contributed by atoms with E-state index in [1.807, 2.05) is 0 Å². The lowest BCUT2D eigenvalue weighted by molar-refractivity contribution is -0.385. The summed E-state index contributed by atoms with van der Waals surface area (Å²) < 4.78 is 0. The number of nitrogens with one attached hydrogen (secondary N) is 1. The molecule has 2 rings (SSSR count). The number of nitro groups is 1. The van der Waals surface area contributed by atoms with E-state index >= 15 is 0 Å². The summed E-state index contributed by atoms with van der Waals surface area (Å²) in [7, 11) is 0. The van der Waals surface area contributed by atoms with Crippen LogP contribution in [0.3, 0.4) is 0 Å². The van der Waals surface area contributed by atoms with E-state index in [2.05, 4.69) is 5.32 Å². The zero-order valence-electron chi connectivity index (χ0n) is 11.3. The molecule has 0 saturated heterocycles. The highest BCUT2D eigenvalue weighted by Gasteiger charge is 2.20. The maximum atomic E-state index is 12.2. The third kappa shape index (κ3) is 3.24. The summed E-state index contributed by atoms with van der Waals surface area (Å²) in [6.45, 7) is 1.58. The molecule has 0 bridgehead atoms. The molecule has 6 nitrogen and oxygen atoms in total. The molecule has 0 fully saturated rings. The molecule has 1 amide bonds. The summed E-state index contributed by atoms with van der Waals surface area (Å²) in [5.74, 6) is -0.588. The molecule has 6 heteroatoms. The Labute approximate surface area is 121 Å². The second-order valence-corrected chi connectivity index (χ2v) is 4.49. The van der Waals surface area contributed by atoms with Crippen molar-refractivity contribution in [3.63, 3.8) is 0 Å². The number of para-hydroxylation sites is 2. The Morgan fingerprint density at radius 2 is 1.81 bits per heavy atom. The number of aliphatic hydroxyl groups excluding tert-OH is 1. The molecular formula is C15H14N2O4. The third-order valence-electron chi connectivity index (χ3n) is 3.00. The van der Waals surface area contributed by atoms with Crippen LogP contribution in [-0.4, -0.2) is 15.9 Å². The Morgan fingerprint density at radius 1 is 1.19 bits per heavy atom. The van der Waals surface area contributed by atoms with E-state index in [0.717, 1.165) is 0 Å². The number of carbonyl (C=O) groups is 1. The van der Waals surface area contributed by atoms with Gasteiger partial charge in [-0.1, -0.05) is 30.3 Å². The average molecular weight is 286 g/mol. The van der Waals surface area contributed by atoms with Gasteiger partial charge in [-0.15, -0.1) is 0 Å². The number of amides is 1. The first kappa shape index (κ1) is 14.7. The second kappa shape index (κ2) is 6.15. The van der Waals surface area contributed by atoms with Gasteiger partial charge in [0.25, 0.3) is 11.6 Å². The predicted octanol–water partition coefficient (Wildman–Crippen LogP) is 2.90. The summed E-state index contributed by atoms with van der Waals surface area (Å²) >= 11 is 0. The molecule has 0 spiro atoms. The van der Waals surface area contributed by atoms with Crippen LogP contribution in [0.4, 0.5) is 11.4 Å². The van der Waals surface area contributed by atoms with E-state index in [1.54, 1.807) is 37.3 Å². The summed E-state index contributed by atoms with van der Waals surface area (Å²) in [6, 6.07) is 12.5. The summed E-state index contributed by atoms with van der Waals surface area (Å²) in [6.07, 6.45) is -0.757. The molecular weight excluding hydrogens is 272 g/mol. The zero-order valence-corrected chi connectivity index (χ0v) is 11.3. The predicted molar refractivity (Wildman–Crippen MR) is 78.1 cm³/mol. The van der Waals surface area contributed by atoms with Crippen molar-refractivity contribution in [2.45, 2.75) is 13.0 Å². The van der Waals surface area contributed by atoms with Gasteiger partial charge >= 0.3 is 0 Å². The molecule has 0 aliphatic carbocycles. The van der Waals surface area contributed by atoms with Gasteiger partial charge in [0.1, 0.15) is 5.56 Å². The molecule has 0 aliphatic rings. The van der Waals surface area contributed by atoms with E-state index < -0.39 is 16.9 Å². The molecule has 1 unspecified atom stereocenters. The molecule has 2 aromatic carbocycles. The van der Waals surface area contributed by atoms with Crippen LogP contribution in [0.5, 0.6) is 0 Å². The minimum Gasteiger partial charge on any atom is -0.389 e. The minimum absolute atomic E-state index is 0.0251. The van der Waals surface area contributed by atoms with Crippen LogP contribution in [0.2, 0.25) is 0 Å². The monoisotopic (exact) mass is 286 g/mol. The fourth-order valence-electron chi connectivity index (χ4n) is 1.99. The van der Waals surface area contributed by atoms with Crippen molar-refractivity contribution in [2.24, 2.45) is 0 Å². The fourth-order valence-corrected chi connectivity index (χ4v) is 1.99. The van der Waals surface area contributed by atoms with Crippen molar-refractivity contribution in [2.75, 3.05) is 5.32 Å². The number of hydrogen-bond donors (Lipinski definition) is 2. The Morgan fingerprint density at radius 3 is 2.48 bits per heavy atom. The van der Waals surface area contributed by atoms with E-state index in [1.165, 1.54) is 18.2 Å². The van der Waals surface area contributed by atoms with Crippen molar-refractivity contribution in [3.05, 3.63) is 69.8 Å². The molecule has 0 aliphatic heterocycles. The molecule has 0 heterocycles. The summed E-state index contributed by atoms with van der Waals surface area (Å²) in [5.41, 5.74) is 0.688. The lowest BCUT2D eigenvalue weighted by Crippen LogP contribution is -2.15. The van der Waals surface area contributed by atoms with Crippen LogP contribution >= 0.6 is 0 Å². The van der Waals surface area contributed by atoms with Gasteiger partial charge in [-0.2, -0.15) is 0 Å². The maximum Gasteiger partial charge on any atom is 0.282 e. The van der Waals surface area contributed by atoms with Gasteiger partial charge in [0.15, 0.2) is 0 Å². The quantitative estimate of drug-likeness (QED) is 0.667. The molecule has 0 radical (unpaired) electrons. The number of rotatable bonds is 4.